The summed E-state index contributed by atoms with van der Waals surface area (Å²) in [5, 5.41) is 4.28. The van der Waals surface area contributed by atoms with Gasteiger partial charge in [-0.1, -0.05) is 48.0 Å². The molecule has 158 valence electrons. The predicted octanol–water partition coefficient (Wildman–Crippen LogP) is 2.48. The number of imide groups is 1. The maximum Gasteiger partial charge on any atom is 0.319 e. The quantitative estimate of drug-likeness (QED) is 0.595. The minimum absolute atomic E-state index is 0.0584. The Morgan fingerprint density at radius 1 is 0.933 bits per heavy atom. The molecule has 3 amide bonds. The molecule has 2 rings (SSSR count). The molecule has 0 heterocycles. The molecule has 1 atom stereocenters. The number of carbonyl (C=O) groups is 4. The predicted molar refractivity (Wildman–Crippen MR) is 116 cm³/mol. The zero-order valence-electron chi connectivity index (χ0n) is 16.8. The van der Waals surface area contributed by atoms with Gasteiger partial charge in [-0.15, -0.1) is 11.8 Å². The SMILES string of the molecule is Cc1ccc(NC(=O)CS[C@H](C)C(=O)OCC(=O)NC(=O)Cc2ccccc2)cc1. The van der Waals surface area contributed by atoms with E-state index in [2.05, 4.69) is 10.6 Å². The number of hydrogen-bond donors (Lipinski definition) is 2. The van der Waals surface area contributed by atoms with Crippen molar-refractivity contribution in [1.82, 2.24) is 5.32 Å². The van der Waals surface area contributed by atoms with Crippen LogP contribution in [0.5, 0.6) is 0 Å². The van der Waals surface area contributed by atoms with Crippen LogP contribution in [0.15, 0.2) is 54.6 Å². The molecule has 0 aliphatic heterocycles. The van der Waals surface area contributed by atoms with E-state index in [1.807, 2.05) is 25.1 Å². The fourth-order valence-corrected chi connectivity index (χ4v) is 3.05. The van der Waals surface area contributed by atoms with Crippen LogP contribution in [0, 0.1) is 6.92 Å². The summed E-state index contributed by atoms with van der Waals surface area (Å²) in [4.78, 5) is 47.6. The number of aryl methyl sites for hydroxylation is 1. The molecule has 0 aliphatic carbocycles. The fraction of sp³-hybridized carbons (Fsp3) is 0.273. The zero-order valence-corrected chi connectivity index (χ0v) is 17.7. The van der Waals surface area contributed by atoms with Gasteiger partial charge in [-0.2, -0.15) is 0 Å². The highest BCUT2D eigenvalue weighted by molar-refractivity contribution is 8.01. The van der Waals surface area contributed by atoms with Crippen molar-refractivity contribution in [3.8, 4) is 0 Å². The number of hydrogen-bond acceptors (Lipinski definition) is 6. The van der Waals surface area contributed by atoms with Crippen LogP contribution in [-0.4, -0.2) is 41.3 Å². The lowest BCUT2D eigenvalue weighted by Gasteiger charge is -2.11. The number of nitrogens with one attached hydrogen (secondary N) is 2. The molecule has 0 fully saturated rings. The molecule has 2 N–H and O–H groups in total. The highest BCUT2D eigenvalue weighted by atomic mass is 32.2. The third kappa shape index (κ3) is 8.48. The first-order valence-corrected chi connectivity index (χ1v) is 10.4. The van der Waals surface area contributed by atoms with Gasteiger partial charge in [0, 0.05) is 5.69 Å². The Morgan fingerprint density at radius 2 is 1.60 bits per heavy atom. The molecule has 2 aromatic rings. The summed E-state index contributed by atoms with van der Waals surface area (Å²) in [5.41, 5.74) is 2.54. The smallest absolute Gasteiger partial charge is 0.319 e. The molecule has 0 saturated heterocycles. The Bertz CT molecular complexity index is 884. The van der Waals surface area contributed by atoms with Gasteiger partial charge in [0.05, 0.1) is 12.2 Å². The van der Waals surface area contributed by atoms with Crippen LogP contribution >= 0.6 is 11.8 Å². The number of esters is 1. The van der Waals surface area contributed by atoms with Crippen molar-refractivity contribution >= 4 is 41.1 Å². The van der Waals surface area contributed by atoms with Crippen molar-refractivity contribution in [2.45, 2.75) is 25.5 Å². The van der Waals surface area contributed by atoms with Crippen LogP contribution in [0.25, 0.3) is 0 Å². The van der Waals surface area contributed by atoms with E-state index in [0.29, 0.717) is 5.69 Å². The van der Waals surface area contributed by atoms with Gasteiger partial charge in [-0.05, 0) is 31.5 Å². The van der Waals surface area contributed by atoms with Crippen LogP contribution in [0.4, 0.5) is 5.69 Å². The lowest BCUT2D eigenvalue weighted by atomic mass is 10.1. The third-order valence-electron chi connectivity index (χ3n) is 3.96. The van der Waals surface area contributed by atoms with E-state index < -0.39 is 29.6 Å². The van der Waals surface area contributed by atoms with Crippen molar-refractivity contribution in [3.63, 3.8) is 0 Å². The molecule has 0 spiro atoms. The van der Waals surface area contributed by atoms with Gasteiger partial charge in [0.1, 0.15) is 5.25 Å². The monoisotopic (exact) mass is 428 g/mol. The summed E-state index contributed by atoms with van der Waals surface area (Å²) >= 11 is 1.10. The van der Waals surface area contributed by atoms with Gasteiger partial charge < -0.3 is 10.1 Å². The van der Waals surface area contributed by atoms with E-state index in [1.165, 1.54) is 0 Å². The summed E-state index contributed by atoms with van der Waals surface area (Å²) < 4.78 is 4.92. The Balaban J connectivity index is 1.65. The second kappa shape index (κ2) is 11.8. The number of thioether (sulfide) groups is 1. The molecule has 0 radical (unpaired) electrons. The first-order chi connectivity index (χ1) is 14.3. The van der Waals surface area contributed by atoms with E-state index >= 15 is 0 Å². The Hall–Kier alpha value is -3.13. The van der Waals surface area contributed by atoms with Crippen LogP contribution < -0.4 is 10.6 Å². The van der Waals surface area contributed by atoms with Gasteiger partial charge in [-0.25, -0.2) is 0 Å². The molecule has 0 aliphatic rings. The number of carbonyl (C=O) groups excluding carboxylic acids is 4. The molecule has 2 aromatic carbocycles. The molecule has 0 aromatic heterocycles. The van der Waals surface area contributed by atoms with E-state index in [0.717, 1.165) is 22.9 Å². The van der Waals surface area contributed by atoms with Crippen molar-refractivity contribution in [3.05, 3.63) is 65.7 Å². The van der Waals surface area contributed by atoms with Gasteiger partial charge >= 0.3 is 5.97 Å². The van der Waals surface area contributed by atoms with E-state index in [9.17, 15) is 19.2 Å². The second-order valence-corrected chi connectivity index (χ2v) is 7.94. The van der Waals surface area contributed by atoms with Crippen molar-refractivity contribution < 1.29 is 23.9 Å². The highest BCUT2D eigenvalue weighted by Crippen LogP contribution is 2.14. The molecule has 0 saturated carbocycles. The van der Waals surface area contributed by atoms with Crippen LogP contribution in [0.3, 0.4) is 0 Å². The molecule has 0 bridgehead atoms. The van der Waals surface area contributed by atoms with Gasteiger partial charge in [0.15, 0.2) is 6.61 Å². The van der Waals surface area contributed by atoms with Crippen LogP contribution in [0.2, 0.25) is 0 Å². The maximum atomic E-state index is 12.0. The average Bonchev–Trinajstić information content (AvgIpc) is 2.72. The minimum atomic E-state index is -0.696. The van der Waals surface area contributed by atoms with E-state index in [1.54, 1.807) is 43.3 Å². The number of anilines is 1. The first-order valence-electron chi connectivity index (χ1n) is 9.35. The summed E-state index contributed by atoms with van der Waals surface area (Å²) in [7, 11) is 0. The first kappa shape index (κ1) is 23.2. The topological polar surface area (TPSA) is 102 Å². The third-order valence-corrected chi connectivity index (χ3v) is 5.08. The largest absolute Gasteiger partial charge is 0.455 e. The van der Waals surface area contributed by atoms with Crippen LogP contribution in [-0.2, 0) is 30.3 Å². The standard InChI is InChI=1S/C22H24N2O5S/c1-15-8-10-18(11-9-15)23-21(27)14-30-16(2)22(28)29-13-20(26)24-19(25)12-17-6-4-3-5-7-17/h3-11,16H,12-14H2,1-2H3,(H,23,27)(H,24,25,26)/t16-/m1/s1. The zero-order chi connectivity index (χ0) is 21.9. The number of amides is 3. The van der Waals surface area contributed by atoms with Gasteiger partial charge in [0.2, 0.25) is 11.8 Å². The maximum absolute atomic E-state index is 12.0. The van der Waals surface area contributed by atoms with Gasteiger partial charge in [0.25, 0.3) is 5.91 Å². The van der Waals surface area contributed by atoms with Crippen molar-refractivity contribution in [2.75, 3.05) is 17.7 Å². The molecule has 30 heavy (non-hydrogen) atoms. The number of rotatable bonds is 9. The highest BCUT2D eigenvalue weighted by Gasteiger charge is 2.19. The van der Waals surface area contributed by atoms with E-state index in [4.69, 9.17) is 4.74 Å². The Labute approximate surface area is 179 Å². The Morgan fingerprint density at radius 3 is 2.27 bits per heavy atom. The summed E-state index contributed by atoms with van der Waals surface area (Å²) in [6.45, 7) is 2.98. The second-order valence-electron chi connectivity index (χ2n) is 6.61. The molecular weight excluding hydrogens is 404 g/mol. The normalized spacial score (nSPS) is 11.3. The minimum Gasteiger partial charge on any atom is -0.455 e. The van der Waals surface area contributed by atoms with Crippen LogP contribution in [0.1, 0.15) is 18.1 Å². The average molecular weight is 429 g/mol. The fourth-order valence-electron chi connectivity index (χ4n) is 2.37. The molecule has 7 nitrogen and oxygen atoms in total. The Kier molecular flexibility index (Phi) is 9.08. The lowest BCUT2D eigenvalue weighted by molar-refractivity contribution is -0.148. The molecule has 0 unspecified atom stereocenters. The van der Waals surface area contributed by atoms with Crippen molar-refractivity contribution in [2.24, 2.45) is 0 Å². The summed E-state index contributed by atoms with van der Waals surface area (Å²) in [6, 6.07) is 16.4. The summed E-state index contributed by atoms with van der Waals surface area (Å²) in [5.74, 6) is -1.98. The number of ether oxygens (including phenoxy) is 1. The van der Waals surface area contributed by atoms with Crippen molar-refractivity contribution in [1.29, 1.82) is 0 Å². The molecule has 8 heteroatoms. The molecular formula is C22H24N2O5S. The number of benzene rings is 2. The van der Waals surface area contributed by atoms with Gasteiger partial charge in [-0.3, -0.25) is 24.5 Å². The summed E-state index contributed by atoms with van der Waals surface area (Å²) in [6.07, 6.45) is 0.0584. The lowest BCUT2D eigenvalue weighted by Crippen LogP contribution is -2.36. The van der Waals surface area contributed by atoms with E-state index in [-0.39, 0.29) is 18.1 Å².